The number of hydrogen-bond acceptors (Lipinski definition) is 2. The van der Waals surface area contributed by atoms with E-state index < -0.39 is 42.7 Å². The van der Waals surface area contributed by atoms with Crippen LogP contribution in [0, 0.1) is 5.92 Å². The standard InChI is InChI=1S/C10H13F6NO3/c1-3-5(2)17(4-6(18)19)8(20)7(9(11,12)13)10(14,15)16/h5,7H,3-4H2,1-2H3,(H,18,19). The largest absolute Gasteiger partial charge is 0.480 e. The van der Waals surface area contributed by atoms with Gasteiger partial charge in [0.1, 0.15) is 6.54 Å². The van der Waals surface area contributed by atoms with E-state index in [2.05, 4.69) is 0 Å². The minimum Gasteiger partial charge on any atom is -0.480 e. The number of carboxylic acid groups (broad SMARTS) is 1. The molecule has 0 spiro atoms. The van der Waals surface area contributed by atoms with Gasteiger partial charge < -0.3 is 10.0 Å². The zero-order valence-corrected chi connectivity index (χ0v) is 10.5. The van der Waals surface area contributed by atoms with Gasteiger partial charge in [-0.15, -0.1) is 0 Å². The first-order valence-electron chi connectivity index (χ1n) is 5.48. The molecular weight excluding hydrogens is 296 g/mol. The van der Waals surface area contributed by atoms with E-state index in [1.54, 1.807) is 0 Å². The van der Waals surface area contributed by atoms with Crippen LogP contribution in [-0.4, -0.2) is 46.8 Å². The van der Waals surface area contributed by atoms with Crippen LogP contribution in [0.5, 0.6) is 0 Å². The van der Waals surface area contributed by atoms with Gasteiger partial charge >= 0.3 is 18.3 Å². The van der Waals surface area contributed by atoms with Gasteiger partial charge in [-0.3, -0.25) is 9.59 Å². The normalized spacial score (nSPS) is 14.2. The topological polar surface area (TPSA) is 57.6 Å². The molecule has 0 aromatic heterocycles. The van der Waals surface area contributed by atoms with E-state index >= 15 is 0 Å². The third-order valence-electron chi connectivity index (χ3n) is 2.61. The molecule has 0 saturated heterocycles. The number of halogens is 6. The maximum Gasteiger partial charge on any atom is 0.409 e. The molecule has 1 N–H and O–H groups in total. The summed E-state index contributed by atoms with van der Waals surface area (Å²) >= 11 is 0. The zero-order valence-electron chi connectivity index (χ0n) is 10.5. The van der Waals surface area contributed by atoms with Crippen LogP contribution in [0.3, 0.4) is 0 Å². The molecule has 0 aliphatic heterocycles. The number of carbonyl (C=O) groups is 2. The molecule has 0 aliphatic carbocycles. The molecule has 118 valence electrons. The Kier molecular flexibility index (Phi) is 5.85. The summed E-state index contributed by atoms with van der Waals surface area (Å²) in [4.78, 5) is 22.1. The summed E-state index contributed by atoms with van der Waals surface area (Å²) in [6.07, 6.45) is -11.7. The molecule has 0 radical (unpaired) electrons. The van der Waals surface area contributed by atoms with Crippen molar-refractivity contribution in [3.63, 3.8) is 0 Å². The molecule has 4 nitrogen and oxygen atoms in total. The third-order valence-corrected chi connectivity index (χ3v) is 2.61. The molecule has 1 atom stereocenters. The molecule has 0 aromatic carbocycles. The van der Waals surface area contributed by atoms with E-state index in [9.17, 15) is 35.9 Å². The molecule has 1 amide bonds. The van der Waals surface area contributed by atoms with Crippen molar-refractivity contribution in [2.24, 2.45) is 5.92 Å². The van der Waals surface area contributed by atoms with Gasteiger partial charge in [0.25, 0.3) is 0 Å². The van der Waals surface area contributed by atoms with Gasteiger partial charge in [0.15, 0.2) is 0 Å². The van der Waals surface area contributed by atoms with Crippen molar-refractivity contribution >= 4 is 11.9 Å². The Morgan fingerprint density at radius 1 is 1.10 bits per heavy atom. The maximum atomic E-state index is 12.4. The van der Waals surface area contributed by atoms with E-state index in [-0.39, 0.29) is 11.3 Å². The maximum absolute atomic E-state index is 12.4. The number of carboxylic acids is 1. The summed E-state index contributed by atoms with van der Waals surface area (Å²) in [6, 6.07) is -1.06. The summed E-state index contributed by atoms with van der Waals surface area (Å²) in [7, 11) is 0. The number of nitrogens with zero attached hydrogens (tertiary/aromatic N) is 1. The summed E-state index contributed by atoms with van der Waals surface area (Å²) in [5.74, 6) is -8.22. The molecule has 0 heterocycles. The lowest BCUT2D eigenvalue weighted by Gasteiger charge is -2.32. The van der Waals surface area contributed by atoms with E-state index in [0.29, 0.717) is 0 Å². The monoisotopic (exact) mass is 309 g/mol. The fraction of sp³-hybridized carbons (Fsp3) is 0.800. The van der Waals surface area contributed by atoms with Gasteiger partial charge in [-0.2, -0.15) is 26.3 Å². The number of amides is 1. The second-order valence-corrected chi connectivity index (χ2v) is 4.13. The van der Waals surface area contributed by atoms with Crippen molar-refractivity contribution in [3.8, 4) is 0 Å². The van der Waals surface area contributed by atoms with Crippen LogP contribution in [0.1, 0.15) is 20.3 Å². The lowest BCUT2D eigenvalue weighted by molar-refractivity contribution is -0.278. The SMILES string of the molecule is CCC(C)N(CC(=O)O)C(=O)C(C(F)(F)F)C(F)(F)F. The summed E-state index contributed by atoms with van der Waals surface area (Å²) in [6.45, 7) is 1.35. The number of alkyl halides is 6. The summed E-state index contributed by atoms with van der Waals surface area (Å²) < 4.78 is 74.5. The van der Waals surface area contributed by atoms with E-state index in [1.165, 1.54) is 13.8 Å². The lowest BCUT2D eigenvalue weighted by Crippen LogP contribution is -2.53. The molecule has 0 bridgehead atoms. The molecule has 0 rings (SSSR count). The first kappa shape index (κ1) is 18.5. The Morgan fingerprint density at radius 2 is 1.50 bits per heavy atom. The third kappa shape index (κ3) is 4.89. The zero-order chi connectivity index (χ0) is 16.3. The van der Waals surface area contributed by atoms with Crippen LogP contribution in [0.4, 0.5) is 26.3 Å². The van der Waals surface area contributed by atoms with Gasteiger partial charge in [-0.05, 0) is 13.3 Å². The highest BCUT2D eigenvalue weighted by Crippen LogP contribution is 2.40. The van der Waals surface area contributed by atoms with Gasteiger partial charge in [0.2, 0.25) is 11.8 Å². The Bertz CT molecular complexity index is 351. The van der Waals surface area contributed by atoms with Crippen LogP contribution in [0.2, 0.25) is 0 Å². The average molecular weight is 309 g/mol. The molecule has 0 aromatic rings. The quantitative estimate of drug-likeness (QED) is 0.794. The van der Waals surface area contributed by atoms with Crippen LogP contribution in [-0.2, 0) is 9.59 Å². The molecule has 0 saturated carbocycles. The molecule has 1 unspecified atom stereocenters. The Hall–Kier alpha value is -1.48. The smallest absolute Gasteiger partial charge is 0.409 e. The summed E-state index contributed by atoms with van der Waals surface area (Å²) in [5, 5.41) is 8.51. The highest BCUT2D eigenvalue weighted by molar-refractivity contribution is 5.84. The second-order valence-electron chi connectivity index (χ2n) is 4.13. The first-order chi connectivity index (χ1) is 8.82. The highest BCUT2D eigenvalue weighted by Gasteiger charge is 2.62. The van der Waals surface area contributed by atoms with Crippen LogP contribution in [0.25, 0.3) is 0 Å². The fourth-order valence-corrected chi connectivity index (χ4v) is 1.45. The predicted molar refractivity (Wildman–Crippen MR) is 54.7 cm³/mol. The predicted octanol–water partition coefficient (Wildman–Crippen LogP) is 2.44. The summed E-state index contributed by atoms with van der Waals surface area (Å²) in [5.41, 5.74) is 0. The first-order valence-corrected chi connectivity index (χ1v) is 5.48. The molecule has 0 fully saturated rings. The number of carbonyl (C=O) groups excluding carboxylic acids is 1. The van der Waals surface area contributed by atoms with Crippen LogP contribution in [0.15, 0.2) is 0 Å². The Labute approximate surface area is 110 Å². The molecular formula is C10H13F6NO3. The van der Waals surface area contributed by atoms with Crippen molar-refractivity contribution < 1.29 is 41.0 Å². The van der Waals surface area contributed by atoms with E-state index in [1.807, 2.05) is 0 Å². The van der Waals surface area contributed by atoms with Crippen molar-refractivity contribution in [1.82, 2.24) is 4.90 Å². The van der Waals surface area contributed by atoms with Gasteiger partial charge in [0.05, 0.1) is 0 Å². The Balaban J connectivity index is 5.53. The van der Waals surface area contributed by atoms with Crippen LogP contribution >= 0.6 is 0 Å². The fourth-order valence-electron chi connectivity index (χ4n) is 1.45. The second kappa shape index (κ2) is 6.31. The minimum atomic E-state index is -5.83. The van der Waals surface area contributed by atoms with Gasteiger partial charge in [-0.25, -0.2) is 0 Å². The number of hydrogen-bond donors (Lipinski definition) is 1. The van der Waals surface area contributed by atoms with Crippen molar-refractivity contribution in [1.29, 1.82) is 0 Å². The van der Waals surface area contributed by atoms with Gasteiger partial charge in [0, 0.05) is 6.04 Å². The molecule has 20 heavy (non-hydrogen) atoms. The van der Waals surface area contributed by atoms with Crippen LogP contribution < -0.4 is 0 Å². The number of aliphatic carboxylic acids is 1. The minimum absolute atomic E-state index is 0.0153. The van der Waals surface area contributed by atoms with Crippen molar-refractivity contribution in [2.45, 2.75) is 38.7 Å². The Morgan fingerprint density at radius 3 is 1.75 bits per heavy atom. The average Bonchev–Trinajstić information content (AvgIpc) is 2.20. The van der Waals surface area contributed by atoms with E-state index in [0.717, 1.165) is 0 Å². The molecule has 10 heteroatoms. The molecule has 0 aliphatic rings. The lowest BCUT2D eigenvalue weighted by atomic mass is 10.0. The van der Waals surface area contributed by atoms with Gasteiger partial charge in [-0.1, -0.05) is 6.92 Å². The highest BCUT2D eigenvalue weighted by atomic mass is 19.4. The number of rotatable bonds is 5. The van der Waals surface area contributed by atoms with Crippen molar-refractivity contribution in [2.75, 3.05) is 6.54 Å². The van der Waals surface area contributed by atoms with E-state index in [4.69, 9.17) is 5.11 Å². The van der Waals surface area contributed by atoms with Crippen molar-refractivity contribution in [3.05, 3.63) is 0 Å².